The summed E-state index contributed by atoms with van der Waals surface area (Å²) in [6.07, 6.45) is -1.50. The molecule has 0 aliphatic carbocycles. The van der Waals surface area contributed by atoms with Crippen molar-refractivity contribution in [2.45, 2.75) is 38.0 Å². The summed E-state index contributed by atoms with van der Waals surface area (Å²) in [5.41, 5.74) is 1.44. The van der Waals surface area contributed by atoms with Crippen LogP contribution in [0.2, 0.25) is 0 Å². The van der Waals surface area contributed by atoms with Gasteiger partial charge in [-0.25, -0.2) is 9.59 Å². The van der Waals surface area contributed by atoms with Gasteiger partial charge in [0.05, 0.1) is 0 Å². The van der Waals surface area contributed by atoms with Gasteiger partial charge in [-0.2, -0.15) is 0 Å². The number of benzene rings is 2. The molecule has 9 heteroatoms. The van der Waals surface area contributed by atoms with Crippen LogP contribution in [0.5, 0.6) is 0 Å². The second-order valence-corrected chi connectivity index (χ2v) is 6.78. The molecule has 2 rings (SSSR count). The molecule has 2 aromatic rings. The van der Waals surface area contributed by atoms with E-state index < -0.39 is 42.4 Å². The van der Waals surface area contributed by atoms with Crippen LogP contribution in [-0.4, -0.2) is 46.2 Å². The van der Waals surface area contributed by atoms with E-state index in [0.717, 1.165) is 5.56 Å². The quantitative estimate of drug-likeness (QED) is 0.428. The summed E-state index contributed by atoms with van der Waals surface area (Å²) >= 11 is 0. The first-order valence-electron chi connectivity index (χ1n) is 9.61. The molecule has 0 saturated carbocycles. The minimum absolute atomic E-state index is 0.0337. The van der Waals surface area contributed by atoms with Crippen LogP contribution < -0.4 is 10.6 Å². The van der Waals surface area contributed by atoms with Gasteiger partial charge in [0.2, 0.25) is 5.91 Å². The fraction of sp³-hybridized carbons (Fsp3) is 0.273. The number of alkyl carbamates (subject to hydrolysis) is 1. The fourth-order valence-corrected chi connectivity index (χ4v) is 2.77. The summed E-state index contributed by atoms with van der Waals surface area (Å²) in [7, 11) is 0. The van der Waals surface area contributed by atoms with Gasteiger partial charge in [0.15, 0.2) is 0 Å². The SMILES string of the molecule is O=C(O)CCC(NC(=O)OCc1ccccc1)C(=O)NC(Cc1ccccc1)C(=O)O. The van der Waals surface area contributed by atoms with E-state index >= 15 is 0 Å². The predicted octanol–water partition coefficient (Wildman–Crippen LogP) is 1.96. The number of carboxylic acids is 2. The zero-order valence-electron chi connectivity index (χ0n) is 16.7. The molecule has 0 spiro atoms. The van der Waals surface area contributed by atoms with Crippen molar-refractivity contribution < 1.29 is 34.1 Å². The maximum absolute atomic E-state index is 12.6. The highest BCUT2D eigenvalue weighted by atomic mass is 16.5. The number of nitrogens with one attached hydrogen (secondary N) is 2. The number of aliphatic carboxylic acids is 2. The zero-order chi connectivity index (χ0) is 22.6. The van der Waals surface area contributed by atoms with Crippen molar-refractivity contribution >= 4 is 23.9 Å². The Hall–Kier alpha value is -3.88. The van der Waals surface area contributed by atoms with E-state index in [4.69, 9.17) is 9.84 Å². The molecule has 0 fully saturated rings. The molecule has 9 nitrogen and oxygen atoms in total. The van der Waals surface area contributed by atoms with E-state index in [1.807, 2.05) is 6.07 Å². The van der Waals surface area contributed by atoms with Gasteiger partial charge in [0, 0.05) is 12.8 Å². The van der Waals surface area contributed by atoms with Crippen molar-refractivity contribution in [1.82, 2.24) is 10.6 Å². The molecule has 0 aliphatic rings. The fourth-order valence-electron chi connectivity index (χ4n) is 2.77. The van der Waals surface area contributed by atoms with Crippen molar-refractivity contribution in [3.05, 3.63) is 71.8 Å². The average molecular weight is 428 g/mol. The molecule has 0 bridgehead atoms. The third kappa shape index (κ3) is 8.57. The molecule has 0 aromatic heterocycles. The predicted molar refractivity (Wildman–Crippen MR) is 110 cm³/mol. The highest BCUT2D eigenvalue weighted by Crippen LogP contribution is 2.06. The lowest BCUT2D eigenvalue weighted by molar-refractivity contribution is -0.142. The summed E-state index contributed by atoms with van der Waals surface area (Å²) in [6, 6.07) is 15.1. The number of rotatable bonds is 11. The van der Waals surface area contributed by atoms with Gasteiger partial charge < -0.3 is 25.6 Å². The third-order valence-corrected chi connectivity index (χ3v) is 4.37. The van der Waals surface area contributed by atoms with Crippen LogP contribution >= 0.6 is 0 Å². The Morgan fingerprint density at radius 3 is 1.94 bits per heavy atom. The minimum Gasteiger partial charge on any atom is -0.481 e. The van der Waals surface area contributed by atoms with E-state index in [1.165, 1.54) is 0 Å². The van der Waals surface area contributed by atoms with Gasteiger partial charge in [0.25, 0.3) is 0 Å². The van der Waals surface area contributed by atoms with Gasteiger partial charge in [-0.1, -0.05) is 60.7 Å². The van der Waals surface area contributed by atoms with Crippen molar-refractivity contribution in [2.75, 3.05) is 0 Å². The lowest BCUT2D eigenvalue weighted by Crippen LogP contribution is -2.52. The maximum Gasteiger partial charge on any atom is 0.408 e. The summed E-state index contributed by atoms with van der Waals surface area (Å²) in [6.45, 7) is -0.0360. The molecular formula is C22H24N2O7. The first kappa shape index (κ1) is 23.4. The number of hydrogen-bond donors (Lipinski definition) is 4. The van der Waals surface area contributed by atoms with E-state index in [1.54, 1.807) is 54.6 Å². The molecule has 164 valence electrons. The van der Waals surface area contributed by atoms with Crippen LogP contribution in [0.1, 0.15) is 24.0 Å². The van der Waals surface area contributed by atoms with Gasteiger partial charge in [-0.15, -0.1) is 0 Å². The Bertz CT molecular complexity index is 887. The molecule has 2 unspecified atom stereocenters. The number of carbonyl (C=O) groups is 4. The molecule has 31 heavy (non-hydrogen) atoms. The maximum atomic E-state index is 12.6. The highest BCUT2D eigenvalue weighted by Gasteiger charge is 2.27. The number of hydrogen-bond acceptors (Lipinski definition) is 5. The van der Waals surface area contributed by atoms with Crippen molar-refractivity contribution in [1.29, 1.82) is 0 Å². The van der Waals surface area contributed by atoms with E-state index in [9.17, 15) is 24.3 Å². The third-order valence-electron chi connectivity index (χ3n) is 4.37. The lowest BCUT2D eigenvalue weighted by atomic mass is 10.0. The average Bonchev–Trinajstić information content (AvgIpc) is 2.75. The van der Waals surface area contributed by atoms with Gasteiger partial charge in [-0.05, 0) is 17.5 Å². The Kier molecular flexibility index (Phi) is 9.03. The van der Waals surface area contributed by atoms with Crippen LogP contribution in [0.25, 0.3) is 0 Å². The largest absolute Gasteiger partial charge is 0.481 e. The Morgan fingerprint density at radius 2 is 1.39 bits per heavy atom. The van der Waals surface area contributed by atoms with E-state index in [-0.39, 0.29) is 19.4 Å². The molecule has 4 N–H and O–H groups in total. The summed E-state index contributed by atoms with van der Waals surface area (Å²) in [5, 5.41) is 23.1. The molecule has 2 atom stereocenters. The molecular weight excluding hydrogens is 404 g/mol. The lowest BCUT2D eigenvalue weighted by Gasteiger charge is -2.21. The van der Waals surface area contributed by atoms with Crippen LogP contribution in [0.4, 0.5) is 4.79 Å². The first-order chi connectivity index (χ1) is 14.8. The summed E-state index contributed by atoms with van der Waals surface area (Å²) < 4.78 is 5.07. The number of amides is 2. The number of carbonyl (C=O) groups excluding carboxylic acids is 2. The second-order valence-electron chi connectivity index (χ2n) is 6.78. The minimum atomic E-state index is -1.27. The smallest absolute Gasteiger partial charge is 0.408 e. The van der Waals surface area contributed by atoms with Crippen LogP contribution in [0, 0.1) is 0 Å². The summed E-state index contributed by atoms with van der Waals surface area (Å²) in [4.78, 5) is 47.3. The van der Waals surface area contributed by atoms with Gasteiger partial charge in [0.1, 0.15) is 18.7 Å². The number of ether oxygens (including phenoxy) is 1. The van der Waals surface area contributed by atoms with Gasteiger partial charge in [-0.3, -0.25) is 9.59 Å². The van der Waals surface area contributed by atoms with Crippen LogP contribution in [0.3, 0.4) is 0 Å². The molecule has 2 amide bonds. The van der Waals surface area contributed by atoms with Gasteiger partial charge >= 0.3 is 18.0 Å². The van der Waals surface area contributed by atoms with Crippen LogP contribution in [-0.2, 0) is 32.1 Å². The Morgan fingerprint density at radius 1 is 0.806 bits per heavy atom. The topological polar surface area (TPSA) is 142 Å². The Labute approximate surface area is 179 Å². The molecule has 0 radical (unpaired) electrons. The molecule has 0 aliphatic heterocycles. The molecule has 2 aromatic carbocycles. The Balaban J connectivity index is 2.00. The summed E-state index contributed by atoms with van der Waals surface area (Å²) in [5.74, 6) is -3.21. The van der Waals surface area contributed by atoms with E-state index in [0.29, 0.717) is 5.56 Å². The van der Waals surface area contributed by atoms with Crippen LogP contribution in [0.15, 0.2) is 60.7 Å². The standard InChI is InChI=1S/C22H24N2O7/c25-19(26)12-11-17(24-22(30)31-14-16-9-5-2-6-10-16)20(27)23-18(21(28)29)13-15-7-3-1-4-8-15/h1-10,17-18H,11-14H2,(H,23,27)(H,24,30)(H,25,26)(H,28,29). The van der Waals surface area contributed by atoms with Crippen molar-refractivity contribution in [3.63, 3.8) is 0 Å². The molecule has 0 heterocycles. The first-order valence-corrected chi connectivity index (χ1v) is 9.61. The number of carboxylic acid groups (broad SMARTS) is 2. The monoisotopic (exact) mass is 428 g/mol. The normalized spacial score (nSPS) is 12.3. The zero-order valence-corrected chi connectivity index (χ0v) is 16.7. The van der Waals surface area contributed by atoms with Crippen molar-refractivity contribution in [3.8, 4) is 0 Å². The molecule has 0 saturated heterocycles. The highest BCUT2D eigenvalue weighted by molar-refractivity contribution is 5.89. The van der Waals surface area contributed by atoms with E-state index in [2.05, 4.69) is 10.6 Å². The van der Waals surface area contributed by atoms with Crippen molar-refractivity contribution in [2.24, 2.45) is 0 Å². The second kappa shape index (κ2) is 12.0.